The van der Waals surface area contributed by atoms with Crippen LogP contribution in [0, 0.1) is 0 Å². The number of nitrogens with one attached hydrogen (secondary N) is 2. The third-order valence-corrected chi connectivity index (χ3v) is 4.46. The van der Waals surface area contributed by atoms with E-state index in [0.717, 1.165) is 6.26 Å². The fourth-order valence-electron chi connectivity index (χ4n) is 2.49. The van der Waals surface area contributed by atoms with E-state index >= 15 is 0 Å². The van der Waals surface area contributed by atoms with Crippen LogP contribution in [0.3, 0.4) is 0 Å². The van der Waals surface area contributed by atoms with Crippen LogP contribution < -0.4 is 10.0 Å². The number of rotatable bonds is 7. The van der Waals surface area contributed by atoms with Gasteiger partial charge in [-0.1, -0.05) is 0 Å². The van der Waals surface area contributed by atoms with E-state index in [0.29, 0.717) is 25.6 Å². The molecule has 25 heavy (non-hydrogen) atoms. The highest BCUT2D eigenvalue weighted by atomic mass is 32.2. The average Bonchev–Trinajstić information content (AvgIpc) is 3.01. The zero-order chi connectivity index (χ0) is 18.4. The van der Waals surface area contributed by atoms with Crippen LogP contribution in [0.4, 0.5) is 10.6 Å². The Bertz CT molecular complexity index is 677. The molecule has 2 N–H and O–H groups in total. The van der Waals surface area contributed by atoms with E-state index in [2.05, 4.69) is 15.1 Å². The first-order valence-electron chi connectivity index (χ1n) is 7.94. The van der Waals surface area contributed by atoms with Crippen molar-refractivity contribution in [3.63, 3.8) is 0 Å². The van der Waals surface area contributed by atoms with E-state index in [1.165, 1.54) is 0 Å². The first-order valence-corrected chi connectivity index (χ1v) is 9.83. The third kappa shape index (κ3) is 5.96. The van der Waals surface area contributed by atoms with Gasteiger partial charge in [0.05, 0.1) is 38.2 Å². The Labute approximate surface area is 147 Å². The SMILES string of the molecule is COCC(C)n1ccc(NC(=O)N2CCOCC2CNS(C)(=O)=O)n1. The van der Waals surface area contributed by atoms with Crippen molar-refractivity contribution in [2.24, 2.45) is 0 Å². The molecular weight excluding hydrogens is 350 g/mol. The van der Waals surface area contributed by atoms with Gasteiger partial charge in [0.2, 0.25) is 10.0 Å². The normalized spacial score (nSPS) is 19.6. The number of anilines is 1. The molecule has 2 amide bonds. The zero-order valence-corrected chi connectivity index (χ0v) is 15.5. The predicted octanol–water partition coefficient (Wildman–Crippen LogP) is -0.128. The molecule has 1 aromatic heterocycles. The highest BCUT2D eigenvalue weighted by Gasteiger charge is 2.28. The minimum Gasteiger partial charge on any atom is -0.382 e. The summed E-state index contributed by atoms with van der Waals surface area (Å²) in [6.07, 6.45) is 2.84. The molecule has 11 heteroatoms. The van der Waals surface area contributed by atoms with Gasteiger partial charge in [-0.3, -0.25) is 10.00 Å². The molecule has 2 atom stereocenters. The summed E-state index contributed by atoms with van der Waals surface area (Å²) >= 11 is 0. The van der Waals surface area contributed by atoms with E-state index in [9.17, 15) is 13.2 Å². The Kier molecular flexibility index (Phi) is 6.76. The quantitative estimate of drug-likeness (QED) is 0.686. The number of urea groups is 1. The minimum atomic E-state index is -3.33. The second kappa shape index (κ2) is 8.61. The number of nitrogens with zero attached hydrogens (tertiary/aromatic N) is 3. The Morgan fingerprint density at radius 2 is 2.32 bits per heavy atom. The molecule has 1 saturated heterocycles. The molecule has 0 radical (unpaired) electrons. The van der Waals surface area contributed by atoms with Crippen molar-refractivity contribution in [2.75, 3.05) is 51.6 Å². The van der Waals surface area contributed by atoms with Crippen LogP contribution in [0.1, 0.15) is 13.0 Å². The van der Waals surface area contributed by atoms with Crippen molar-refractivity contribution in [2.45, 2.75) is 19.0 Å². The Morgan fingerprint density at radius 1 is 1.56 bits per heavy atom. The largest absolute Gasteiger partial charge is 0.382 e. The van der Waals surface area contributed by atoms with E-state index in [1.807, 2.05) is 6.92 Å². The maximum atomic E-state index is 12.5. The van der Waals surface area contributed by atoms with Gasteiger partial charge in [-0.2, -0.15) is 5.10 Å². The summed E-state index contributed by atoms with van der Waals surface area (Å²) in [5.41, 5.74) is 0. The average molecular weight is 375 g/mol. The lowest BCUT2D eigenvalue weighted by atomic mass is 10.2. The summed E-state index contributed by atoms with van der Waals surface area (Å²) in [5, 5.41) is 7.05. The molecule has 2 unspecified atom stereocenters. The third-order valence-electron chi connectivity index (χ3n) is 3.77. The molecule has 2 rings (SSSR count). The first-order chi connectivity index (χ1) is 11.8. The van der Waals surface area contributed by atoms with Gasteiger partial charge in [0, 0.05) is 32.5 Å². The maximum absolute atomic E-state index is 12.5. The van der Waals surface area contributed by atoms with Gasteiger partial charge >= 0.3 is 6.03 Å². The number of ether oxygens (including phenoxy) is 2. The first kappa shape index (κ1) is 19.6. The van der Waals surface area contributed by atoms with Crippen molar-refractivity contribution in [1.29, 1.82) is 0 Å². The van der Waals surface area contributed by atoms with Crippen LogP contribution in [0.25, 0.3) is 0 Å². The smallest absolute Gasteiger partial charge is 0.323 e. The Balaban J connectivity index is 1.97. The number of hydrogen-bond donors (Lipinski definition) is 2. The van der Waals surface area contributed by atoms with Crippen molar-refractivity contribution < 1.29 is 22.7 Å². The maximum Gasteiger partial charge on any atom is 0.323 e. The van der Waals surface area contributed by atoms with Gasteiger partial charge in [0.1, 0.15) is 0 Å². The van der Waals surface area contributed by atoms with E-state index in [-0.39, 0.29) is 31.3 Å². The summed E-state index contributed by atoms with van der Waals surface area (Å²) in [6, 6.07) is 1.03. The molecule has 1 aromatic rings. The molecule has 0 aliphatic carbocycles. The molecular formula is C14H25N5O5S. The highest BCUT2D eigenvalue weighted by Crippen LogP contribution is 2.13. The van der Waals surface area contributed by atoms with Crippen LogP contribution >= 0.6 is 0 Å². The summed E-state index contributed by atoms with van der Waals surface area (Å²) in [5.74, 6) is 0.425. The summed E-state index contributed by atoms with van der Waals surface area (Å²) in [6.45, 7) is 3.63. The van der Waals surface area contributed by atoms with E-state index < -0.39 is 10.0 Å². The molecule has 0 saturated carbocycles. The lowest BCUT2D eigenvalue weighted by molar-refractivity contribution is 0.0176. The van der Waals surface area contributed by atoms with Crippen LogP contribution in [-0.4, -0.2) is 81.4 Å². The lowest BCUT2D eigenvalue weighted by Gasteiger charge is -2.35. The number of aromatic nitrogens is 2. The molecule has 142 valence electrons. The number of sulfonamides is 1. The number of hydrogen-bond acceptors (Lipinski definition) is 6. The molecule has 0 spiro atoms. The number of methoxy groups -OCH3 is 1. The standard InChI is InChI=1S/C14H25N5O5S/c1-11(9-23-2)19-5-4-13(17-19)16-14(20)18-6-7-24-10-12(18)8-15-25(3,21)22/h4-5,11-12,15H,6-10H2,1-3H3,(H,16,17,20). The number of carbonyl (C=O) groups is 1. The van der Waals surface area contributed by atoms with Crippen LogP contribution in [0.15, 0.2) is 12.3 Å². The molecule has 1 aliphatic rings. The second-order valence-corrected chi connectivity index (χ2v) is 7.79. The molecule has 0 bridgehead atoms. The van der Waals surface area contributed by atoms with Gasteiger partial charge in [-0.05, 0) is 6.92 Å². The van der Waals surface area contributed by atoms with Gasteiger partial charge in [-0.15, -0.1) is 0 Å². The lowest BCUT2D eigenvalue weighted by Crippen LogP contribution is -2.54. The fraction of sp³-hybridized carbons (Fsp3) is 0.714. The van der Waals surface area contributed by atoms with Crippen molar-refractivity contribution in [1.82, 2.24) is 19.4 Å². The molecule has 10 nitrogen and oxygen atoms in total. The summed E-state index contributed by atoms with van der Waals surface area (Å²) in [7, 11) is -1.72. The van der Waals surface area contributed by atoms with Crippen LogP contribution in [-0.2, 0) is 19.5 Å². The van der Waals surface area contributed by atoms with Gasteiger partial charge in [0.15, 0.2) is 5.82 Å². The molecule has 0 aromatic carbocycles. The van der Waals surface area contributed by atoms with Gasteiger partial charge in [0.25, 0.3) is 0 Å². The topological polar surface area (TPSA) is 115 Å². The number of morpholine rings is 1. The van der Waals surface area contributed by atoms with Gasteiger partial charge in [-0.25, -0.2) is 17.9 Å². The van der Waals surface area contributed by atoms with Crippen molar-refractivity contribution >= 4 is 21.9 Å². The number of amides is 2. The van der Waals surface area contributed by atoms with Crippen LogP contribution in [0.2, 0.25) is 0 Å². The number of carbonyl (C=O) groups excluding carboxylic acids is 1. The zero-order valence-electron chi connectivity index (χ0n) is 14.6. The second-order valence-electron chi connectivity index (χ2n) is 5.96. The molecule has 1 fully saturated rings. The van der Waals surface area contributed by atoms with Crippen molar-refractivity contribution in [3.05, 3.63) is 12.3 Å². The van der Waals surface area contributed by atoms with E-state index in [1.54, 1.807) is 29.0 Å². The van der Waals surface area contributed by atoms with Crippen LogP contribution in [0.5, 0.6) is 0 Å². The highest BCUT2D eigenvalue weighted by molar-refractivity contribution is 7.88. The Morgan fingerprint density at radius 3 is 3.00 bits per heavy atom. The molecule has 1 aliphatic heterocycles. The van der Waals surface area contributed by atoms with E-state index in [4.69, 9.17) is 9.47 Å². The molecule has 2 heterocycles. The Hall–Kier alpha value is -1.69. The predicted molar refractivity (Wildman–Crippen MR) is 92.0 cm³/mol. The monoisotopic (exact) mass is 375 g/mol. The summed E-state index contributed by atoms with van der Waals surface area (Å²) < 4.78 is 37.1. The fourth-order valence-corrected chi connectivity index (χ4v) is 2.98. The minimum absolute atomic E-state index is 0.0470. The van der Waals surface area contributed by atoms with Gasteiger partial charge < -0.3 is 14.4 Å². The summed E-state index contributed by atoms with van der Waals surface area (Å²) in [4.78, 5) is 14.1. The van der Waals surface area contributed by atoms with Crippen molar-refractivity contribution in [3.8, 4) is 0 Å².